The predicted octanol–water partition coefficient (Wildman–Crippen LogP) is 1.18. The van der Waals surface area contributed by atoms with Gasteiger partial charge in [-0.3, -0.25) is 4.90 Å². The Morgan fingerprint density at radius 3 is 2.94 bits per heavy atom. The number of carbonyl (C=O) groups excluding carboxylic acids is 1. The number of aromatic nitrogens is 1. The van der Waals surface area contributed by atoms with E-state index in [1.807, 2.05) is 19.5 Å². The van der Waals surface area contributed by atoms with Gasteiger partial charge in [0.2, 0.25) is 5.13 Å². The van der Waals surface area contributed by atoms with Crippen molar-refractivity contribution >= 4 is 34.1 Å². The van der Waals surface area contributed by atoms with Gasteiger partial charge in [0.1, 0.15) is 17.6 Å². The lowest BCUT2D eigenvalue weighted by Gasteiger charge is -2.15. The molecule has 1 fully saturated rings. The fourth-order valence-electron chi connectivity index (χ4n) is 1.38. The number of likely N-dealkylation sites (N-methyl/N-ethyl adjacent to an activating group) is 1. The zero-order chi connectivity index (χ0) is 12.4. The van der Waals surface area contributed by atoms with Gasteiger partial charge in [0.05, 0.1) is 17.1 Å². The number of nitrogens with zero attached hydrogens (tertiary/aromatic N) is 2. The summed E-state index contributed by atoms with van der Waals surface area (Å²) in [6.07, 6.45) is 2.90. The van der Waals surface area contributed by atoms with E-state index in [1.54, 1.807) is 4.90 Å². The molecule has 2 rings (SSSR count). The van der Waals surface area contributed by atoms with Crippen molar-refractivity contribution in [2.45, 2.75) is 24.1 Å². The van der Waals surface area contributed by atoms with Crippen LogP contribution in [-0.4, -0.2) is 40.1 Å². The first-order valence-electron chi connectivity index (χ1n) is 5.36. The zero-order valence-corrected chi connectivity index (χ0v) is 11.4. The summed E-state index contributed by atoms with van der Waals surface area (Å²) in [5, 5.41) is 2.72. The quantitative estimate of drug-likeness (QED) is 0.623. The molecule has 0 aromatic carbocycles. The van der Waals surface area contributed by atoms with E-state index in [4.69, 9.17) is 0 Å². The van der Waals surface area contributed by atoms with Crippen LogP contribution < -0.4 is 4.72 Å². The number of aldehydes is 1. The highest BCUT2D eigenvalue weighted by molar-refractivity contribution is 7.93. The summed E-state index contributed by atoms with van der Waals surface area (Å²) in [5.74, 6) is 0. The Bertz CT molecular complexity index is 393. The van der Waals surface area contributed by atoms with Gasteiger partial charge in [0.15, 0.2) is 0 Å². The third-order valence-corrected chi connectivity index (χ3v) is 4.90. The van der Waals surface area contributed by atoms with Crippen LogP contribution in [0.3, 0.4) is 0 Å². The summed E-state index contributed by atoms with van der Waals surface area (Å²) in [7, 11) is 3.65. The highest BCUT2D eigenvalue weighted by Gasteiger charge is 2.35. The average molecular weight is 273 g/mol. The molecule has 2 atom stereocenters. The second kappa shape index (κ2) is 5.34. The summed E-state index contributed by atoms with van der Waals surface area (Å²) in [5.41, 5.74) is 0.699. The maximum absolute atomic E-state index is 11.6. The van der Waals surface area contributed by atoms with Crippen LogP contribution in [0.1, 0.15) is 24.6 Å². The Balaban J connectivity index is 2.01. The number of nitrogens with one attached hydrogen (secondary N) is 1. The Kier molecular flexibility index (Phi) is 4.03. The van der Waals surface area contributed by atoms with Crippen molar-refractivity contribution in [2.75, 3.05) is 18.8 Å². The number of rotatable bonds is 6. The van der Waals surface area contributed by atoms with Gasteiger partial charge < -0.3 is 9.35 Å². The fourth-order valence-corrected chi connectivity index (χ4v) is 3.35. The molecule has 94 valence electrons. The first-order valence-corrected chi connectivity index (χ1v) is 7.45. The summed E-state index contributed by atoms with van der Waals surface area (Å²) in [6, 6.07) is -0.337. The molecule has 17 heavy (non-hydrogen) atoms. The molecule has 0 aliphatic heterocycles. The van der Waals surface area contributed by atoms with Gasteiger partial charge in [0.25, 0.3) is 0 Å². The van der Waals surface area contributed by atoms with E-state index >= 15 is 0 Å². The molecule has 1 aliphatic carbocycles. The Morgan fingerprint density at radius 2 is 2.41 bits per heavy atom. The van der Waals surface area contributed by atoms with E-state index in [2.05, 4.69) is 9.71 Å². The maximum atomic E-state index is 11.6. The van der Waals surface area contributed by atoms with E-state index in [-0.39, 0.29) is 11.3 Å². The summed E-state index contributed by atoms with van der Waals surface area (Å²) in [4.78, 5) is 17.0. The standard InChI is InChI=1S/C10H15N3O2S2/c1-13(2)9(5-14)8-6-16-10(11-8)12-17(15)7-3-4-7/h5-7,9H,3-4H2,1-2H3,(H,11,12). The van der Waals surface area contributed by atoms with Gasteiger partial charge >= 0.3 is 0 Å². The number of hydrogen-bond acceptors (Lipinski definition) is 6. The third kappa shape index (κ3) is 3.19. The maximum Gasteiger partial charge on any atom is 0.226 e. The second-order valence-corrected chi connectivity index (χ2v) is 6.54. The monoisotopic (exact) mass is 273 g/mol. The average Bonchev–Trinajstić information content (AvgIpc) is 3.03. The van der Waals surface area contributed by atoms with Crippen molar-refractivity contribution in [3.8, 4) is 0 Å². The van der Waals surface area contributed by atoms with Gasteiger partial charge in [-0.1, -0.05) is 0 Å². The SMILES string of the molecule is CN(C)C(C=O)c1csc(N[S+]([O-])C2CC2)n1. The summed E-state index contributed by atoms with van der Waals surface area (Å²) in [6.45, 7) is 0. The van der Waals surface area contributed by atoms with Gasteiger partial charge in [-0.05, 0) is 14.1 Å². The Labute approximate surface area is 108 Å². The molecule has 1 aromatic heterocycles. The number of hydrogen-bond donors (Lipinski definition) is 1. The van der Waals surface area contributed by atoms with Gasteiger partial charge in [-0.15, -0.1) is 11.3 Å². The molecule has 1 aliphatic rings. The lowest BCUT2D eigenvalue weighted by molar-refractivity contribution is -0.111. The Morgan fingerprint density at radius 1 is 1.71 bits per heavy atom. The molecule has 0 bridgehead atoms. The van der Waals surface area contributed by atoms with E-state index in [0.29, 0.717) is 10.8 Å². The van der Waals surface area contributed by atoms with Gasteiger partial charge in [-0.2, -0.15) is 4.72 Å². The first kappa shape index (κ1) is 12.8. The largest absolute Gasteiger partial charge is 0.593 e. The smallest absolute Gasteiger partial charge is 0.226 e. The highest BCUT2D eigenvalue weighted by Crippen LogP contribution is 2.31. The fraction of sp³-hybridized carbons (Fsp3) is 0.600. The van der Waals surface area contributed by atoms with E-state index in [1.165, 1.54) is 11.3 Å². The topological polar surface area (TPSA) is 68.3 Å². The molecule has 0 amide bonds. The second-order valence-electron chi connectivity index (χ2n) is 4.22. The molecular formula is C10H15N3O2S2. The van der Waals surface area contributed by atoms with Crippen LogP contribution in [0.25, 0.3) is 0 Å². The lowest BCUT2D eigenvalue weighted by Crippen LogP contribution is -2.21. The van der Waals surface area contributed by atoms with E-state index in [0.717, 1.165) is 19.1 Å². The van der Waals surface area contributed by atoms with Crippen LogP contribution in [0, 0.1) is 0 Å². The molecule has 0 saturated heterocycles. The van der Waals surface area contributed by atoms with Crippen LogP contribution in [0.15, 0.2) is 5.38 Å². The minimum atomic E-state index is -1.03. The van der Waals surface area contributed by atoms with Crippen LogP contribution in [0.4, 0.5) is 5.13 Å². The van der Waals surface area contributed by atoms with Gasteiger partial charge in [0, 0.05) is 18.2 Å². The zero-order valence-electron chi connectivity index (χ0n) is 9.75. The minimum absolute atomic E-state index is 0.276. The molecule has 2 unspecified atom stereocenters. The molecule has 7 heteroatoms. The number of thiazole rings is 1. The molecule has 0 radical (unpaired) electrons. The summed E-state index contributed by atoms with van der Waals surface area (Å²) < 4.78 is 14.5. The third-order valence-electron chi connectivity index (χ3n) is 2.53. The molecule has 0 spiro atoms. The normalized spacial score (nSPS) is 19.1. The van der Waals surface area contributed by atoms with Crippen molar-refractivity contribution in [3.05, 3.63) is 11.1 Å². The summed E-state index contributed by atoms with van der Waals surface area (Å²) >= 11 is 0.355. The molecule has 1 aromatic rings. The minimum Gasteiger partial charge on any atom is -0.593 e. The first-order chi connectivity index (χ1) is 8.11. The van der Waals surface area contributed by atoms with Crippen LogP contribution in [0.5, 0.6) is 0 Å². The Hall–Kier alpha value is -0.630. The van der Waals surface area contributed by atoms with Crippen molar-refractivity contribution < 1.29 is 9.35 Å². The lowest BCUT2D eigenvalue weighted by atomic mass is 10.2. The van der Waals surface area contributed by atoms with Crippen LogP contribution in [-0.2, 0) is 16.2 Å². The molecule has 1 N–H and O–H groups in total. The number of anilines is 1. The van der Waals surface area contributed by atoms with E-state index in [9.17, 15) is 9.35 Å². The van der Waals surface area contributed by atoms with Crippen molar-refractivity contribution in [2.24, 2.45) is 0 Å². The van der Waals surface area contributed by atoms with Crippen LogP contribution in [0.2, 0.25) is 0 Å². The molecular weight excluding hydrogens is 258 g/mol. The van der Waals surface area contributed by atoms with Crippen molar-refractivity contribution in [1.82, 2.24) is 9.88 Å². The van der Waals surface area contributed by atoms with Crippen molar-refractivity contribution in [3.63, 3.8) is 0 Å². The molecule has 1 heterocycles. The van der Waals surface area contributed by atoms with Crippen LogP contribution >= 0.6 is 11.3 Å². The molecule has 5 nitrogen and oxygen atoms in total. The van der Waals surface area contributed by atoms with Crippen molar-refractivity contribution in [1.29, 1.82) is 0 Å². The highest BCUT2D eigenvalue weighted by atomic mass is 32.2. The predicted molar refractivity (Wildman–Crippen MR) is 69.4 cm³/mol. The van der Waals surface area contributed by atoms with Gasteiger partial charge in [-0.25, -0.2) is 4.98 Å². The number of carbonyl (C=O) groups is 1. The molecule has 1 saturated carbocycles. The van der Waals surface area contributed by atoms with E-state index < -0.39 is 11.4 Å².